The second kappa shape index (κ2) is 11.8. The van der Waals surface area contributed by atoms with E-state index in [-0.39, 0.29) is 0 Å². The van der Waals surface area contributed by atoms with Crippen molar-refractivity contribution in [1.29, 1.82) is 0 Å². The third-order valence-electron chi connectivity index (χ3n) is 12.2. The van der Waals surface area contributed by atoms with Crippen molar-refractivity contribution in [2.24, 2.45) is 0 Å². The van der Waals surface area contributed by atoms with Gasteiger partial charge in [-0.05, 0) is 90.0 Å². The average molecular weight is 740 g/mol. The molecule has 0 aliphatic rings. The van der Waals surface area contributed by atoms with Crippen molar-refractivity contribution in [1.82, 2.24) is 13.7 Å². The number of benzene rings is 9. The lowest BCUT2D eigenvalue weighted by atomic mass is 10.00. The van der Waals surface area contributed by atoms with Gasteiger partial charge in [0.15, 0.2) is 5.58 Å². The van der Waals surface area contributed by atoms with Crippen molar-refractivity contribution in [3.63, 3.8) is 0 Å². The Balaban J connectivity index is 1.10. The third-order valence-corrected chi connectivity index (χ3v) is 12.2. The fourth-order valence-corrected chi connectivity index (χ4v) is 9.73. The van der Waals surface area contributed by atoms with Gasteiger partial charge in [0.1, 0.15) is 5.58 Å². The zero-order valence-corrected chi connectivity index (χ0v) is 31.3. The number of hydrogen-bond donors (Lipinski definition) is 0. The number of fused-ring (bicyclic) bond motifs is 14. The van der Waals surface area contributed by atoms with E-state index in [1.807, 2.05) is 6.07 Å². The fraction of sp³-hybridized carbons (Fsp3) is 0. The molecule has 58 heavy (non-hydrogen) atoms. The summed E-state index contributed by atoms with van der Waals surface area (Å²) >= 11 is 0. The van der Waals surface area contributed by atoms with Crippen LogP contribution < -0.4 is 0 Å². The molecule has 4 aromatic heterocycles. The van der Waals surface area contributed by atoms with E-state index in [2.05, 4.69) is 208 Å². The van der Waals surface area contributed by atoms with Crippen LogP contribution in [0.15, 0.2) is 205 Å². The Morgan fingerprint density at radius 1 is 0.276 bits per heavy atom. The van der Waals surface area contributed by atoms with Crippen LogP contribution in [-0.4, -0.2) is 13.7 Å². The van der Waals surface area contributed by atoms with Crippen LogP contribution in [0, 0.1) is 0 Å². The first-order chi connectivity index (χ1) is 28.8. The molecule has 0 spiro atoms. The summed E-state index contributed by atoms with van der Waals surface area (Å²) in [6.45, 7) is 0. The van der Waals surface area contributed by atoms with Crippen molar-refractivity contribution in [3.05, 3.63) is 200 Å². The van der Waals surface area contributed by atoms with Crippen LogP contribution in [0.4, 0.5) is 0 Å². The smallest absolute Gasteiger partial charge is 0.160 e. The second-order valence-corrected chi connectivity index (χ2v) is 15.3. The molecule has 0 aliphatic heterocycles. The second-order valence-electron chi connectivity index (χ2n) is 15.3. The molecule has 0 N–H and O–H groups in total. The maximum absolute atomic E-state index is 6.66. The Morgan fingerprint density at radius 3 is 1.26 bits per heavy atom. The Labute approximate surface area is 332 Å². The fourth-order valence-electron chi connectivity index (χ4n) is 9.73. The Hall–Kier alpha value is -7.82. The normalized spacial score (nSPS) is 12.1. The summed E-state index contributed by atoms with van der Waals surface area (Å²) < 4.78 is 13.9. The van der Waals surface area contributed by atoms with Gasteiger partial charge in [-0.3, -0.25) is 0 Å². The van der Waals surface area contributed by atoms with E-state index in [4.69, 9.17) is 4.42 Å². The van der Waals surface area contributed by atoms with Crippen molar-refractivity contribution < 1.29 is 4.42 Å². The van der Waals surface area contributed by atoms with E-state index in [0.717, 1.165) is 50.0 Å². The van der Waals surface area contributed by atoms with Crippen LogP contribution in [-0.2, 0) is 0 Å². The molecule has 0 radical (unpaired) electrons. The molecule has 0 saturated carbocycles. The van der Waals surface area contributed by atoms with E-state index in [1.54, 1.807) is 0 Å². The van der Waals surface area contributed by atoms with E-state index in [1.165, 1.54) is 65.5 Å². The highest BCUT2D eigenvalue weighted by Crippen LogP contribution is 2.44. The highest BCUT2D eigenvalue weighted by molar-refractivity contribution is 6.25. The molecule has 0 saturated heterocycles. The van der Waals surface area contributed by atoms with Gasteiger partial charge >= 0.3 is 0 Å². The first-order valence-corrected chi connectivity index (χ1v) is 19.9. The first kappa shape index (κ1) is 31.4. The summed E-state index contributed by atoms with van der Waals surface area (Å²) in [6, 6.07) is 72.4. The Bertz CT molecular complexity index is 3770. The maximum atomic E-state index is 6.66. The highest BCUT2D eigenvalue weighted by atomic mass is 16.3. The van der Waals surface area contributed by atoms with Gasteiger partial charge in [0.2, 0.25) is 0 Å². The predicted molar refractivity (Wildman–Crippen MR) is 242 cm³/mol. The lowest BCUT2D eigenvalue weighted by Crippen LogP contribution is -1.98. The molecule has 13 aromatic rings. The van der Waals surface area contributed by atoms with Crippen molar-refractivity contribution in [2.45, 2.75) is 0 Å². The number of para-hydroxylation sites is 5. The molecule has 4 nitrogen and oxygen atoms in total. The van der Waals surface area contributed by atoms with E-state index in [0.29, 0.717) is 0 Å². The zero-order valence-electron chi connectivity index (χ0n) is 31.3. The van der Waals surface area contributed by atoms with Gasteiger partial charge in [0, 0.05) is 60.2 Å². The van der Waals surface area contributed by atoms with Crippen LogP contribution in [0.5, 0.6) is 0 Å². The lowest BCUT2D eigenvalue weighted by molar-refractivity contribution is 0.671. The van der Waals surface area contributed by atoms with Crippen LogP contribution in [0.3, 0.4) is 0 Å². The van der Waals surface area contributed by atoms with Gasteiger partial charge in [-0.15, -0.1) is 0 Å². The molecule has 9 aromatic carbocycles. The summed E-state index contributed by atoms with van der Waals surface area (Å²) in [6.07, 6.45) is 0. The molecule has 4 heterocycles. The predicted octanol–water partition coefficient (Wildman–Crippen LogP) is 14.5. The van der Waals surface area contributed by atoms with Crippen LogP contribution in [0.1, 0.15) is 0 Å². The Morgan fingerprint density at radius 2 is 0.690 bits per heavy atom. The largest absolute Gasteiger partial charge is 0.454 e. The number of furan rings is 1. The third kappa shape index (κ3) is 4.29. The van der Waals surface area contributed by atoms with Crippen molar-refractivity contribution in [3.8, 4) is 28.2 Å². The van der Waals surface area contributed by atoms with Gasteiger partial charge in [0.05, 0.1) is 33.1 Å². The number of aromatic nitrogens is 3. The monoisotopic (exact) mass is 739 g/mol. The quantitative estimate of drug-likeness (QED) is 0.177. The summed E-state index contributed by atoms with van der Waals surface area (Å²) in [5.74, 6) is 0. The molecule has 0 amide bonds. The SMILES string of the molecule is c1ccc(-n2c3ccc(-c4ccc5c(c4)c4ccc6c7ccccc7n(-c7ccccc7)c6c4n5-c4ccccc4)cc3c3ccc4c5ccccc5oc4c32)cc1. The zero-order chi connectivity index (χ0) is 37.9. The summed E-state index contributed by atoms with van der Waals surface area (Å²) in [5, 5.41) is 9.56. The number of nitrogens with zero attached hydrogens (tertiary/aromatic N) is 3. The van der Waals surface area contributed by atoms with Crippen LogP contribution >= 0.6 is 0 Å². The summed E-state index contributed by atoms with van der Waals surface area (Å²) in [5.41, 5.74) is 14.6. The van der Waals surface area contributed by atoms with Gasteiger partial charge in [-0.1, -0.05) is 121 Å². The topological polar surface area (TPSA) is 27.9 Å². The van der Waals surface area contributed by atoms with Crippen LogP contribution in [0.2, 0.25) is 0 Å². The molecule has 0 unspecified atom stereocenters. The molecular formula is C54H33N3O. The first-order valence-electron chi connectivity index (χ1n) is 19.9. The van der Waals surface area contributed by atoms with Crippen molar-refractivity contribution in [2.75, 3.05) is 0 Å². The average Bonchev–Trinajstić information content (AvgIpc) is 4.03. The molecule has 4 heteroatoms. The summed E-state index contributed by atoms with van der Waals surface area (Å²) in [4.78, 5) is 0. The Kier molecular flexibility index (Phi) is 6.41. The molecule has 0 atom stereocenters. The molecular weight excluding hydrogens is 707 g/mol. The van der Waals surface area contributed by atoms with Crippen molar-refractivity contribution >= 4 is 87.4 Å². The summed E-state index contributed by atoms with van der Waals surface area (Å²) in [7, 11) is 0. The minimum Gasteiger partial charge on any atom is -0.454 e. The minimum atomic E-state index is 0.903. The maximum Gasteiger partial charge on any atom is 0.160 e. The number of hydrogen-bond acceptors (Lipinski definition) is 1. The van der Waals surface area contributed by atoms with Gasteiger partial charge in [-0.25, -0.2) is 0 Å². The van der Waals surface area contributed by atoms with Gasteiger partial charge < -0.3 is 18.1 Å². The van der Waals surface area contributed by atoms with Crippen LogP contribution in [0.25, 0.3) is 116 Å². The van der Waals surface area contributed by atoms with E-state index >= 15 is 0 Å². The van der Waals surface area contributed by atoms with E-state index < -0.39 is 0 Å². The molecule has 13 rings (SSSR count). The molecule has 0 aliphatic carbocycles. The van der Waals surface area contributed by atoms with Gasteiger partial charge in [0.25, 0.3) is 0 Å². The molecule has 0 bridgehead atoms. The standard InChI is InChI=1S/C54H33N3O/c1-4-14-36(15-5-1)55-47-22-12-10-20-39(47)41-26-27-42-45-32-34(24-30-48(45)56(52(42)51(41)55)37-16-6-2-7-17-37)35-25-31-49-46(33-35)43-28-29-44-40-21-11-13-23-50(40)58-54(44)53(43)57(49)38-18-8-3-9-19-38/h1-33H. The number of rotatable bonds is 4. The van der Waals surface area contributed by atoms with E-state index in [9.17, 15) is 0 Å². The highest BCUT2D eigenvalue weighted by Gasteiger charge is 2.23. The minimum absolute atomic E-state index is 0.903. The lowest BCUT2D eigenvalue weighted by Gasteiger charge is -2.12. The molecule has 0 fully saturated rings. The van der Waals surface area contributed by atoms with Gasteiger partial charge in [-0.2, -0.15) is 0 Å². The molecule has 270 valence electrons.